The molecular formula is C18H24N4O3S. The van der Waals surface area contributed by atoms with Crippen molar-refractivity contribution in [1.29, 1.82) is 0 Å². The fraction of sp³-hybridized carbons (Fsp3) is 0.611. The maximum atomic E-state index is 13.1. The Kier molecular flexibility index (Phi) is 4.38. The first-order valence-electron chi connectivity index (χ1n) is 9.33. The van der Waals surface area contributed by atoms with Gasteiger partial charge >= 0.3 is 11.7 Å². The Morgan fingerprint density at radius 3 is 2.62 bits per heavy atom. The zero-order valence-corrected chi connectivity index (χ0v) is 16.0. The summed E-state index contributed by atoms with van der Waals surface area (Å²) in [5, 5.41) is 3.47. The van der Waals surface area contributed by atoms with Crippen LogP contribution in [0.4, 0.5) is 4.79 Å². The molecule has 140 valence electrons. The topological polar surface area (TPSA) is 76.3 Å². The van der Waals surface area contributed by atoms with Gasteiger partial charge in [0.2, 0.25) is 0 Å². The van der Waals surface area contributed by atoms with Crippen LogP contribution in [0.15, 0.2) is 9.59 Å². The maximum absolute atomic E-state index is 13.1. The van der Waals surface area contributed by atoms with E-state index in [1.54, 1.807) is 9.47 Å². The fourth-order valence-corrected chi connectivity index (χ4v) is 4.90. The Balaban J connectivity index is 1.88. The van der Waals surface area contributed by atoms with E-state index in [0.29, 0.717) is 31.6 Å². The average Bonchev–Trinajstić information content (AvgIpc) is 3.28. The van der Waals surface area contributed by atoms with Crippen molar-refractivity contribution in [3.8, 4) is 0 Å². The summed E-state index contributed by atoms with van der Waals surface area (Å²) in [6.07, 6.45) is 3.69. The van der Waals surface area contributed by atoms with Crippen LogP contribution in [0.2, 0.25) is 0 Å². The lowest BCUT2D eigenvalue weighted by Crippen LogP contribution is -2.39. The van der Waals surface area contributed by atoms with Crippen LogP contribution in [-0.2, 0) is 13.1 Å². The minimum atomic E-state index is -0.176. The van der Waals surface area contributed by atoms with Crippen molar-refractivity contribution in [3.63, 3.8) is 0 Å². The number of hydrogen-bond donors (Lipinski definition) is 1. The standard InChI is InChI=1S/C18H24N4O3S/c1-3-4-8-21-16-14(15(23)22(18(21)25)12-5-6-12)11(2)13(26-16)10-20-9-7-19-17(20)24/h12H,3-10H2,1-2H3,(H,19,24). The molecule has 0 unspecified atom stereocenters. The van der Waals surface area contributed by atoms with E-state index in [2.05, 4.69) is 12.2 Å². The average molecular weight is 376 g/mol. The smallest absolute Gasteiger partial charge is 0.332 e. The Labute approximate surface area is 155 Å². The van der Waals surface area contributed by atoms with Gasteiger partial charge in [-0.1, -0.05) is 13.3 Å². The van der Waals surface area contributed by atoms with Crippen LogP contribution in [0, 0.1) is 6.92 Å². The number of nitrogens with zero attached hydrogens (tertiary/aromatic N) is 3. The van der Waals surface area contributed by atoms with E-state index in [4.69, 9.17) is 0 Å². The van der Waals surface area contributed by atoms with E-state index in [0.717, 1.165) is 41.0 Å². The highest BCUT2D eigenvalue weighted by molar-refractivity contribution is 7.18. The van der Waals surface area contributed by atoms with Gasteiger partial charge < -0.3 is 10.2 Å². The molecule has 0 bridgehead atoms. The van der Waals surface area contributed by atoms with Gasteiger partial charge in [-0.3, -0.25) is 13.9 Å². The highest BCUT2D eigenvalue weighted by Gasteiger charge is 2.31. The Bertz CT molecular complexity index is 983. The number of fused-ring (bicyclic) bond motifs is 1. The second-order valence-electron chi connectivity index (χ2n) is 7.18. The number of thiophene rings is 1. The van der Waals surface area contributed by atoms with E-state index < -0.39 is 0 Å². The van der Waals surface area contributed by atoms with Gasteiger partial charge in [0, 0.05) is 30.6 Å². The first-order chi connectivity index (χ1) is 12.5. The minimum Gasteiger partial charge on any atom is -0.336 e. The maximum Gasteiger partial charge on any atom is 0.332 e. The molecule has 1 saturated heterocycles. The van der Waals surface area contributed by atoms with Gasteiger partial charge in [0.05, 0.1) is 11.9 Å². The molecule has 7 nitrogen and oxygen atoms in total. The third-order valence-corrected chi connectivity index (χ3v) is 6.57. The van der Waals surface area contributed by atoms with Crippen molar-refractivity contribution in [3.05, 3.63) is 31.3 Å². The van der Waals surface area contributed by atoms with Crippen LogP contribution in [0.1, 0.15) is 49.1 Å². The summed E-state index contributed by atoms with van der Waals surface area (Å²) in [7, 11) is 0. The van der Waals surface area contributed by atoms with Crippen LogP contribution >= 0.6 is 11.3 Å². The van der Waals surface area contributed by atoms with Crippen LogP contribution < -0.4 is 16.6 Å². The summed E-state index contributed by atoms with van der Waals surface area (Å²) in [6.45, 7) is 6.47. The summed E-state index contributed by atoms with van der Waals surface area (Å²) in [6, 6.07) is -0.0139. The normalized spacial score (nSPS) is 17.3. The highest BCUT2D eigenvalue weighted by atomic mass is 32.1. The van der Waals surface area contributed by atoms with Crippen LogP contribution in [0.5, 0.6) is 0 Å². The molecule has 3 heterocycles. The van der Waals surface area contributed by atoms with E-state index in [-0.39, 0.29) is 23.3 Å². The van der Waals surface area contributed by atoms with E-state index >= 15 is 0 Å². The quantitative estimate of drug-likeness (QED) is 0.840. The number of amides is 2. The van der Waals surface area contributed by atoms with E-state index in [1.165, 1.54) is 15.9 Å². The van der Waals surface area contributed by atoms with Gasteiger partial charge in [-0.15, -0.1) is 11.3 Å². The predicted octanol–water partition coefficient (Wildman–Crippen LogP) is 2.19. The second-order valence-corrected chi connectivity index (χ2v) is 8.26. The lowest BCUT2D eigenvalue weighted by atomic mass is 10.2. The van der Waals surface area contributed by atoms with Gasteiger partial charge in [0.1, 0.15) is 4.83 Å². The molecule has 0 radical (unpaired) electrons. The van der Waals surface area contributed by atoms with Crippen LogP contribution in [0.3, 0.4) is 0 Å². The van der Waals surface area contributed by atoms with Crippen molar-refractivity contribution >= 4 is 27.6 Å². The molecule has 1 aliphatic carbocycles. The number of carbonyl (C=O) groups excluding carboxylic acids is 1. The van der Waals surface area contributed by atoms with Gasteiger partial charge in [-0.05, 0) is 31.7 Å². The number of urea groups is 1. The Morgan fingerprint density at radius 1 is 1.23 bits per heavy atom. The Morgan fingerprint density at radius 2 is 2.00 bits per heavy atom. The van der Waals surface area contributed by atoms with Crippen molar-refractivity contribution in [1.82, 2.24) is 19.4 Å². The van der Waals surface area contributed by atoms with Crippen molar-refractivity contribution in [2.24, 2.45) is 0 Å². The Hall–Kier alpha value is -2.09. The number of hydrogen-bond acceptors (Lipinski definition) is 4. The monoisotopic (exact) mass is 376 g/mol. The first-order valence-corrected chi connectivity index (χ1v) is 10.1. The molecule has 2 aliphatic rings. The highest BCUT2D eigenvalue weighted by Crippen LogP contribution is 2.34. The van der Waals surface area contributed by atoms with E-state index in [9.17, 15) is 14.4 Å². The molecule has 0 aromatic carbocycles. The van der Waals surface area contributed by atoms with Crippen molar-refractivity contribution in [2.75, 3.05) is 13.1 Å². The zero-order chi connectivity index (χ0) is 18.4. The van der Waals surface area contributed by atoms with Crippen molar-refractivity contribution in [2.45, 2.75) is 58.7 Å². The molecule has 1 aliphatic heterocycles. The fourth-order valence-electron chi connectivity index (χ4n) is 3.56. The molecule has 0 spiro atoms. The molecule has 2 fully saturated rings. The molecule has 2 aromatic heterocycles. The molecule has 1 saturated carbocycles. The second kappa shape index (κ2) is 6.57. The molecule has 1 N–H and O–H groups in total. The summed E-state index contributed by atoms with van der Waals surface area (Å²) < 4.78 is 3.24. The molecule has 2 amide bonds. The number of unbranched alkanes of at least 4 members (excludes halogenated alkanes) is 1. The number of nitrogens with one attached hydrogen (secondary N) is 1. The van der Waals surface area contributed by atoms with Gasteiger partial charge in [0.15, 0.2) is 0 Å². The van der Waals surface area contributed by atoms with Crippen LogP contribution in [0.25, 0.3) is 10.2 Å². The summed E-state index contributed by atoms with van der Waals surface area (Å²) in [4.78, 5) is 41.4. The lowest BCUT2D eigenvalue weighted by molar-refractivity contribution is 0.216. The zero-order valence-electron chi connectivity index (χ0n) is 15.2. The molecule has 8 heteroatoms. The summed E-state index contributed by atoms with van der Waals surface area (Å²) in [5.74, 6) is 0. The molecule has 26 heavy (non-hydrogen) atoms. The van der Waals surface area contributed by atoms with Gasteiger partial charge in [-0.25, -0.2) is 9.59 Å². The SMILES string of the molecule is CCCCn1c(=O)n(C2CC2)c(=O)c2c(C)c(CN3CCNC3=O)sc21. The lowest BCUT2D eigenvalue weighted by Gasteiger charge is -2.12. The van der Waals surface area contributed by atoms with Crippen molar-refractivity contribution < 1.29 is 4.79 Å². The largest absolute Gasteiger partial charge is 0.336 e. The molecule has 0 atom stereocenters. The van der Waals surface area contributed by atoms with Gasteiger partial charge in [-0.2, -0.15) is 0 Å². The van der Waals surface area contributed by atoms with Gasteiger partial charge in [0.25, 0.3) is 5.56 Å². The third kappa shape index (κ3) is 2.76. The summed E-state index contributed by atoms with van der Waals surface area (Å²) >= 11 is 1.49. The predicted molar refractivity (Wildman–Crippen MR) is 102 cm³/mol. The summed E-state index contributed by atoms with van der Waals surface area (Å²) in [5.41, 5.74) is 0.575. The number of aromatic nitrogens is 2. The van der Waals surface area contributed by atoms with Crippen LogP contribution in [-0.4, -0.2) is 33.2 Å². The molecule has 2 aromatic rings. The number of carbonyl (C=O) groups is 1. The molecule has 4 rings (SSSR count). The third-order valence-electron chi connectivity index (χ3n) is 5.27. The first kappa shape index (κ1) is 17.3. The molecular weight excluding hydrogens is 352 g/mol. The number of rotatable bonds is 6. The number of aryl methyl sites for hydroxylation is 2. The van der Waals surface area contributed by atoms with E-state index in [1.807, 2.05) is 6.92 Å². The minimum absolute atomic E-state index is 0.0550.